The number of nitrogens with two attached hydrogens (primary N) is 2. The van der Waals surface area contributed by atoms with E-state index < -0.39 is 23.9 Å². The van der Waals surface area contributed by atoms with Crippen LogP contribution in [0.25, 0.3) is 0 Å². The highest BCUT2D eigenvalue weighted by Gasteiger charge is 2.21. The smallest absolute Gasteiger partial charge is 0.343 e. The molecule has 9 heteroatoms. The number of guanidine groups is 1. The summed E-state index contributed by atoms with van der Waals surface area (Å²) in [4.78, 5) is 39.6. The average Bonchev–Trinajstić information content (AvgIpc) is 2.68. The van der Waals surface area contributed by atoms with Crippen LogP contribution >= 0.6 is 0 Å². The zero-order valence-electron chi connectivity index (χ0n) is 17.4. The van der Waals surface area contributed by atoms with Gasteiger partial charge >= 0.3 is 11.9 Å². The van der Waals surface area contributed by atoms with Gasteiger partial charge in [0.25, 0.3) is 0 Å². The Morgan fingerprint density at radius 1 is 1.03 bits per heavy atom. The van der Waals surface area contributed by atoms with Crippen molar-refractivity contribution in [3.8, 4) is 5.75 Å². The Labute approximate surface area is 180 Å². The van der Waals surface area contributed by atoms with Gasteiger partial charge in [-0.2, -0.15) is 0 Å². The number of carboxylic acid groups (broad SMARTS) is 1. The number of esters is 1. The molecule has 2 aromatic rings. The van der Waals surface area contributed by atoms with E-state index in [1.807, 2.05) is 13.8 Å². The molecule has 0 bridgehead atoms. The molecular formula is C22H26N4O5. The summed E-state index contributed by atoms with van der Waals surface area (Å²) in [7, 11) is 0. The second-order valence-corrected chi connectivity index (χ2v) is 7.38. The molecule has 0 aliphatic carbocycles. The summed E-state index contributed by atoms with van der Waals surface area (Å²) in [6.45, 7) is 3.78. The van der Waals surface area contributed by atoms with E-state index in [0.29, 0.717) is 29.0 Å². The van der Waals surface area contributed by atoms with Crippen molar-refractivity contribution in [2.75, 3.05) is 0 Å². The number of aliphatic imine (C=N–C) groups is 1. The predicted molar refractivity (Wildman–Crippen MR) is 116 cm³/mol. The van der Waals surface area contributed by atoms with Crippen molar-refractivity contribution in [2.45, 2.75) is 32.7 Å². The number of carbonyl (C=O) groups excluding carboxylic acids is 2. The maximum Gasteiger partial charge on any atom is 0.343 e. The molecule has 0 aliphatic heterocycles. The minimum atomic E-state index is -1.06. The maximum atomic E-state index is 12.3. The van der Waals surface area contributed by atoms with Crippen LogP contribution in [0.15, 0.2) is 53.5 Å². The van der Waals surface area contributed by atoms with E-state index in [0.717, 1.165) is 0 Å². The third-order valence-corrected chi connectivity index (χ3v) is 4.20. The van der Waals surface area contributed by atoms with Crippen molar-refractivity contribution in [1.29, 1.82) is 0 Å². The normalized spacial score (nSPS) is 11.5. The Bertz CT molecular complexity index is 949. The molecule has 2 aromatic carbocycles. The van der Waals surface area contributed by atoms with Gasteiger partial charge < -0.3 is 26.6 Å². The third kappa shape index (κ3) is 7.81. The number of benzene rings is 2. The van der Waals surface area contributed by atoms with Crippen LogP contribution in [0.5, 0.6) is 5.75 Å². The van der Waals surface area contributed by atoms with Crippen molar-refractivity contribution < 1.29 is 24.2 Å². The molecule has 0 aliphatic rings. The number of ether oxygens (including phenoxy) is 1. The monoisotopic (exact) mass is 426 g/mol. The zero-order valence-corrected chi connectivity index (χ0v) is 17.4. The van der Waals surface area contributed by atoms with E-state index in [4.69, 9.17) is 16.2 Å². The lowest BCUT2D eigenvalue weighted by atomic mass is 10.0. The lowest BCUT2D eigenvalue weighted by Crippen LogP contribution is -2.42. The molecule has 0 saturated carbocycles. The van der Waals surface area contributed by atoms with Gasteiger partial charge in [-0.1, -0.05) is 26.0 Å². The van der Waals surface area contributed by atoms with Gasteiger partial charge in [0, 0.05) is 0 Å². The number of rotatable bonds is 9. The maximum absolute atomic E-state index is 12.3. The van der Waals surface area contributed by atoms with Crippen molar-refractivity contribution in [2.24, 2.45) is 22.4 Å². The average molecular weight is 426 g/mol. The molecule has 0 heterocycles. The van der Waals surface area contributed by atoms with E-state index in [1.165, 1.54) is 0 Å². The number of carboxylic acids is 1. The van der Waals surface area contributed by atoms with Gasteiger partial charge in [0.05, 0.1) is 17.7 Å². The summed E-state index contributed by atoms with van der Waals surface area (Å²) >= 11 is 0. The molecule has 0 saturated heterocycles. The lowest BCUT2D eigenvalue weighted by molar-refractivity contribution is -0.142. The van der Waals surface area contributed by atoms with Gasteiger partial charge in [0.15, 0.2) is 5.96 Å². The Hall–Kier alpha value is -3.88. The first kappa shape index (κ1) is 23.4. The number of carbonyl (C=O) groups is 3. The molecule has 0 unspecified atom stereocenters. The highest BCUT2D eigenvalue weighted by Crippen LogP contribution is 2.17. The summed E-state index contributed by atoms with van der Waals surface area (Å²) in [5, 5.41) is 11.8. The van der Waals surface area contributed by atoms with Gasteiger partial charge in [-0.3, -0.25) is 4.79 Å². The Morgan fingerprint density at radius 3 is 2.16 bits per heavy atom. The quantitative estimate of drug-likeness (QED) is 0.207. The van der Waals surface area contributed by atoms with E-state index in [-0.39, 0.29) is 18.3 Å². The fourth-order valence-electron chi connectivity index (χ4n) is 2.79. The molecule has 0 fully saturated rings. The number of nitrogens with one attached hydrogen (secondary N) is 1. The lowest BCUT2D eigenvalue weighted by Gasteiger charge is -2.16. The van der Waals surface area contributed by atoms with Crippen LogP contribution < -0.4 is 21.5 Å². The summed E-state index contributed by atoms with van der Waals surface area (Å²) in [5.41, 5.74) is 12.1. The van der Waals surface area contributed by atoms with Crippen LogP contribution in [-0.4, -0.2) is 35.0 Å². The largest absolute Gasteiger partial charge is 0.480 e. The van der Waals surface area contributed by atoms with Crippen LogP contribution in [0.1, 0.15) is 36.2 Å². The SMILES string of the molecule is CC(C)C[C@H](NC(=O)Cc1ccc(OC(=O)c2ccc(N=C(N)N)cc2)cc1)C(=O)O. The van der Waals surface area contributed by atoms with Gasteiger partial charge in [0.2, 0.25) is 5.91 Å². The standard InChI is InChI=1S/C22H26N4O5/c1-13(2)11-18(20(28)29)26-19(27)12-14-3-9-17(10-4-14)31-21(30)15-5-7-16(8-6-15)25-22(23)24/h3-10,13,18H,11-12H2,1-2H3,(H,26,27)(H,28,29)(H4,23,24,25)/t18-/m0/s1. The van der Waals surface area contributed by atoms with E-state index in [2.05, 4.69) is 10.3 Å². The minimum Gasteiger partial charge on any atom is -0.480 e. The second kappa shape index (κ2) is 10.8. The number of amides is 1. The molecule has 2 rings (SSSR count). The van der Waals surface area contributed by atoms with Crippen LogP contribution in [0.3, 0.4) is 0 Å². The van der Waals surface area contributed by atoms with Gasteiger partial charge in [-0.05, 0) is 54.3 Å². The molecule has 1 atom stereocenters. The van der Waals surface area contributed by atoms with Gasteiger partial charge in [0.1, 0.15) is 11.8 Å². The second-order valence-electron chi connectivity index (χ2n) is 7.38. The van der Waals surface area contributed by atoms with Crippen LogP contribution in [0, 0.1) is 5.92 Å². The zero-order chi connectivity index (χ0) is 23.0. The summed E-state index contributed by atoms with van der Waals surface area (Å²) < 4.78 is 5.32. The highest BCUT2D eigenvalue weighted by molar-refractivity contribution is 5.91. The minimum absolute atomic E-state index is 0.0162. The molecule has 0 aromatic heterocycles. The van der Waals surface area contributed by atoms with Crippen LogP contribution in [-0.2, 0) is 16.0 Å². The number of hydrogen-bond donors (Lipinski definition) is 4. The first-order valence-corrected chi connectivity index (χ1v) is 9.67. The van der Waals surface area contributed by atoms with Crippen LogP contribution in [0.4, 0.5) is 5.69 Å². The Morgan fingerprint density at radius 2 is 1.65 bits per heavy atom. The first-order valence-electron chi connectivity index (χ1n) is 9.67. The molecule has 31 heavy (non-hydrogen) atoms. The predicted octanol–water partition coefficient (Wildman–Crippen LogP) is 1.97. The Kier molecular flexibility index (Phi) is 8.13. The van der Waals surface area contributed by atoms with Crippen molar-refractivity contribution in [3.05, 3.63) is 59.7 Å². The summed E-state index contributed by atoms with van der Waals surface area (Å²) in [6.07, 6.45) is 0.366. The topological polar surface area (TPSA) is 157 Å². The molecular weight excluding hydrogens is 400 g/mol. The Balaban J connectivity index is 1.94. The van der Waals surface area contributed by atoms with Crippen molar-refractivity contribution in [3.63, 3.8) is 0 Å². The van der Waals surface area contributed by atoms with Gasteiger partial charge in [-0.25, -0.2) is 14.6 Å². The molecule has 6 N–H and O–H groups in total. The van der Waals surface area contributed by atoms with Crippen molar-refractivity contribution >= 4 is 29.5 Å². The highest BCUT2D eigenvalue weighted by atomic mass is 16.5. The van der Waals surface area contributed by atoms with E-state index >= 15 is 0 Å². The molecule has 9 nitrogen and oxygen atoms in total. The number of nitrogens with zero attached hydrogens (tertiary/aromatic N) is 1. The van der Waals surface area contributed by atoms with Gasteiger partial charge in [-0.15, -0.1) is 0 Å². The van der Waals surface area contributed by atoms with Crippen molar-refractivity contribution in [1.82, 2.24) is 5.32 Å². The molecule has 1 amide bonds. The third-order valence-electron chi connectivity index (χ3n) is 4.20. The van der Waals surface area contributed by atoms with E-state index in [1.54, 1.807) is 48.5 Å². The number of hydrogen-bond acceptors (Lipinski definition) is 5. The number of aliphatic carboxylic acids is 1. The summed E-state index contributed by atoms with van der Waals surface area (Å²) in [5.74, 6) is -1.64. The van der Waals surface area contributed by atoms with E-state index in [9.17, 15) is 19.5 Å². The van der Waals surface area contributed by atoms with Crippen LogP contribution in [0.2, 0.25) is 0 Å². The summed E-state index contributed by atoms with van der Waals surface area (Å²) in [6, 6.07) is 11.7. The first-order chi connectivity index (χ1) is 14.6. The fraction of sp³-hybridized carbons (Fsp3) is 0.273. The molecule has 164 valence electrons. The molecule has 0 radical (unpaired) electrons. The molecule has 0 spiro atoms. The fourth-order valence-corrected chi connectivity index (χ4v) is 2.79.